The molecule has 1 rings (SSSR count). The maximum Gasteiger partial charge on any atom is 0.0857 e. The molecule has 4 heteroatoms. The first-order valence-corrected chi connectivity index (χ1v) is 4.81. The number of hydrogen-bond acceptors (Lipinski definition) is 3. The summed E-state index contributed by atoms with van der Waals surface area (Å²) in [5, 5.41) is 19.2. The Labute approximate surface area is 88.4 Å². The lowest BCUT2D eigenvalue weighted by Gasteiger charge is -2.15. The van der Waals surface area contributed by atoms with E-state index in [1.54, 1.807) is 13.8 Å². The van der Waals surface area contributed by atoms with Crippen LogP contribution >= 0.6 is 11.6 Å². The van der Waals surface area contributed by atoms with Crippen molar-refractivity contribution < 1.29 is 10.2 Å². The van der Waals surface area contributed by atoms with Crippen LogP contribution in [0.15, 0.2) is 0 Å². The average Bonchev–Trinajstić information content (AvgIpc) is 2.12. The summed E-state index contributed by atoms with van der Waals surface area (Å²) in [6.07, 6.45) is -0.664. The molecule has 78 valence electrons. The molecule has 0 amide bonds. The molecule has 0 aliphatic carbocycles. The second-order valence-corrected chi connectivity index (χ2v) is 3.71. The van der Waals surface area contributed by atoms with Crippen LogP contribution in [0.25, 0.3) is 0 Å². The van der Waals surface area contributed by atoms with Crippen LogP contribution in [0.2, 0.25) is 5.02 Å². The topological polar surface area (TPSA) is 53.4 Å². The van der Waals surface area contributed by atoms with Crippen LogP contribution in [0.3, 0.4) is 0 Å². The van der Waals surface area contributed by atoms with Crippen LogP contribution in [-0.4, -0.2) is 15.2 Å². The lowest BCUT2D eigenvalue weighted by Crippen LogP contribution is -2.07. The molecule has 0 aliphatic heterocycles. The molecule has 0 spiro atoms. The van der Waals surface area contributed by atoms with Crippen LogP contribution < -0.4 is 0 Å². The Balaban J connectivity index is 3.45. The molecule has 0 saturated heterocycles. The maximum absolute atomic E-state index is 9.52. The highest BCUT2D eigenvalue weighted by molar-refractivity contribution is 6.32. The summed E-state index contributed by atoms with van der Waals surface area (Å²) in [5.41, 5.74) is 2.60. The van der Waals surface area contributed by atoms with Gasteiger partial charge in [0.25, 0.3) is 0 Å². The van der Waals surface area contributed by atoms with Crippen LogP contribution in [0.4, 0.5) is 0 Å². The summed E-state index contributed by atoms with van der Waals surface area (Å²) in [6.45, 7) is 5.05. The number of aryl methyl sites for hydroxylation is 1. The van der Waals surface area contributed by atoms with Gasteiger partial charge < -0.3 is 10.2 Å². The van der Waals surface area contributed by atoms with E-state index in [0.717, 1.165) is 5.56 Å². The van der Waals surface area contributed by atoms with Crippen molar-refractivity contribution in [2.75, 3.05) is 0 Å². The third-order valence-corrected chi connectivity index (χ3v) is 2.79. The van der Waals surface area contributed by atoms with Crippen molar-refractivity contribution >= 4 is 11.6 Å². The fourth-order valence-corrected chi connectivity index (χ4v) is 1.74. The van der Waals surface area contributed by atoms with E-state index in [9.17, 15) is 5.11 Å². The molecular weight excluding hydrogens is 202 g/mol. The number of aliphatic hydroxyl groups excluding tert-OH is 2. The molecule has 1 atom stereocenters. The zero-order valence-electron chi connectivity index (χ0n) is 8.50. The van der Waals surface area contributed by atoms with Crippen molar-refractivity contribution in [1.29, 1.82) is 0 Å². The van der Waals surface area contributed by atoms with E-state index in [1.807, 2.05) is 6.92 Å². The number of rotatable bonds is 2. The summed E-state index contributed by atoms with van der Waals surface area (Å²) in [4.78, 5) is 4.13. The summed E-state index contributed by atoms with van der Waals surface area (Å²) < 4.78 is 0. The molecule has 0 aliphatic rings. The number of halogens is 1. The summed E-state index contributed by atoms with van der Waals surface area (Å²) in [5.74, 6) is 0. The first-order chi connectivity index (χ1) is 6.49. The third-order valence-electron chi connectivity index (χ3n) is 2.23. The van der Waals surface area contributed by atoms with Gasteiger partial charge in [0.05, 0.1) is 29.1 Å². The molecule has 0 aromatic carbocycles. The highest BCUT2D eigenvalue weighted by Gasteiger charge is 2.16. The van der Waals surface area contributed by atoms with Gasteiger partial charge in [0, 0.05) is 5.56 Å². The van der Waals surface area contributed by atoms with Gasteiger partial charge in [0.15, 0.2) is 0 Å². The fourth-order valence-electron chi connectivity index (χ4n) is 1.59. The van der Waals surface area contributed by atoms with Crippen molar-refractivity contribution in [1.82, 2.24) is 4.98 Å². The number of pyridine rings is 1. The van der Waals surface area contributed by atoms with Gasteiger partial charge in [0.1, 0.15) is 0 Å². The van der Waals surface area contributed by atoms with Crippen LogP contribution in [0.5, 0.6) is 0 Å². The van der Waals surface area contributed by atoms with Gasteiger partial charge in [-0.3, -0.25) is 4.98 Å². The van der Waals surface area contributed by atoms with Gasteiger partial charge >= 0.3 is 0 Å². The lowest BCUT2D eigenvalue weighted by atomic mass is 10.0. The van der Waals surface area contributed by atoms with E-state index in [-0.39, 0.29) is 6.61 Å². The summed E-state index contributed by atoms with van der Waals surface area (Å²) in [7, 11) is 0. The molecule has 0 radical (unpaired) electrons. The van der Waals surface area contributed by atoms with Crippen molar-refractivity contribution in [2.45, 2.75) is 33.5 Å². The molecule has 14 heavy (non-hydrogen) atoms. The smallest absolute Gasteiger partial charge is 0.0857 e. The first kappa shape index (κ1) is 11.4. The molecule has 1 aromatic rings. The molecule has 0 saturated carbocycles. The van der Waals surface area contributed by atoms with Crippen molar-refractivity contribution in [3.8, 4) is 0 Å². The monoisotopic (exact) mass is 215 g/mol. The predicted octanol–water partition coefficient (Wildman–Crippen LogP) is 1.90. The second kappa shape index (κ2) is 4.26. The first-order valence-electron chi connectivity index (χ1n) is 4.43. The van der Waals surface area contributed by atoms with E-state index in [4.69, 9.17) is 16.7 Å². The Hall–Kier alpha value is -0.640. The van der Waals surface area contributed by atoms with Gasteiger partial charge in [-0.05, 0) is 26.3 Å². The van der Waals surface area contributed by atoms with E-state index in [2.05, 4.69) is 4.98 Å². The van der Waals surface area contributed by atoms with Crippen LogP contribution in [0, 0.1) is 13.8 Å². The van der Waals surface area contributed by atoms with Gasteiger partial charge in [-0.25, -0.2) is 0 Å². The Bertz CT molecular complexity index is 350. The summed E-state index contributed by atoms with van der Waals surface area (Å²) in [6, 6.07) is 0. The van der Waals surface area contributed by atoms with Gasteiger partial charge in [-0.2, -0.15) is 0 Å². The second-order valence-electron chi connectivity index (χ2n) is 3.33. The minimum atomic E-state index is -0.664. The van der Waals surface area contributed by atoms with E-state index >= 15 is 0 Å². The summed E-state index contributed by atoms with van der Waals surface area (Å²) >= 11 is 6.00. The third kappa shape index (κ3) is 1.90. The number of hydrogen-bond donors (Lipinski definition) is 2. The largest absolute Gasteiger partial charge is 0.390 e. The van der Waals surface area contributed by atoms with E-state index in [0.29, 0.717) is 22.0 Å². The number of aliphatic hydroxyl groups is 2. The Morgan fingerprint density at radius 2 is 2.00 bits per heavy atom. The average molecular weight is 216 g/mol. The van der Waals surface area contributed by atoms with Crippen molar-refractivity contribution in [2.24, 2.45) is 0 Å². The van der Waals surface area contributed by atoms with Crippen molar-refractivity contribution in [3.05, 3.63) is 27.5 Å². The minimum absolute atomic E-state index is 0.181. The number of aromatic nitrogens is 1. The highest BCUT2D eigenvalue weighted by Crippen LogP contribution is 2.28. The normalized spacial score (nSPS) is 13.0. The zero-order valence-corrected chi connectivity index (χ0v) is 9.26. The molecule has 3 nitrogen and oxygen atoms in total. The van der Waals surface area contributed by atoms with Gasteiger partial charge in [0.2, 0.25) is 0 Å². The minimum Gasteiger partial charge on any atom is -0.390 e. The molecule has 1 unspecified atom stereocenters. The molecule has 1 heterocycles. The van der Waals surface area contributed by atoms with Gasteiger partial charge in [-0.15, -0.1) is 0 Å². The Morgan fingerprint density at radius 3 is 2.43 bits per heavy atom. The van der Waals surface area contributed by atoms with Crippen LogP contribution in [-0.2, 0) is 6.61 Å². The molecule has 2 N–H and O–H groups in total. The SMILES string of the molecule is Cc1nc(CO)c(C(C)O)c(C)c1Cl. The standard InChI is InChI=1S/C10H14ClNO2/c1-5-9(7(3)14)8(4-13)12-6(2)10(5)11/h7,13-14H,4H2,1-3H3. The quantitative estimate of drug-likeness (QED) is 0.792. The zero-order chi connectivity index (χ0) is 10.9. The number of nitrogens with zero attached hydrogens (tertiary/aromatic N) is 1. The molecule has 0 bridgehead atoms. The fraction of sp³-hybridized carbons (Fsp3) is 0.500. The molecular formula is C10H14ClNO2. The lowest BCUT2D eigenvalue weighted by molar-refractivity contribution is 0.191. The Kier molecular flexibility index (Phi) is 3.48. The van der Waals surface area contributed by atoms with Gasteiger partial charge in [-0.1, -0.05) is 11.6 Å². The molecule has 0 fully saturated rings. The van der Waals surface area contributed by atoms with E-state index < -0.39 is 6.10 Å². The highest BCUT2D eigenvalue weighted by atomic mass is 35.5. The van der Waals surface area contributed by atoms with Crippen LogP contribution in [0.1, 0.15) is 35.5 Å². The van der Waals surface area contributed by atoms with E-state index in [1.165, 1.54) is 0 Å². The maximum atomic E-state index is 9.52. The van der Waals surface area contributed by atoms with Crippen molar-refractivity contribution in [3.63, 3.8) is 0 Å². The molecule has 1 aromatic heterocycles. The predicted molar refractivity (Wildman–Crippen MR) is 55.3 cm³/mol. The Morgan fingerprint density at radius 1 is 1.43 bits per heavy atom.